The molecule has 0 saturated carbocycles. The third kappa shape index (κ3) is 3.29. The van der Waals surface area contributed by atoms with Crippen LogP contribution in [0.3, 0.4) is 0 Å². The lowest BCUT2D eigenvalue weighted by Gasteiger charge is -2.09. The fraction of sp³-hybridized carbons (Fsp3) is 0.100. The van der Waals surface area contributed by atoms with Gasteiger partial charge in [0.2, 0.25) is 5.95 Å². The summed E-state index contributed by atoms with van der Waals surface area (Å²) in [6.07, 6.45) is 3.63. The third-order valence-electron chi connectivity index (χ3n) is 4.84. The molecular formula is C20H15F3N8. The molecule has 0 saturated heterocycles. The second-order valence-corrected chi connectivity index (χ2v) is 6.95. The van der Waals surface area contributed by atoms with E-state index in [2.05, 4.69) is 37.0 Å². The van der Waals surface area contributed by atoms with Gasteiger partial charge in [0.15, 0.2) is 5.65 Å². The van der Waals surface area contributed by atoms with E-state index in [1.54, 1.807) is 46.0 Å². The van der Waals surface area contributed by atoms with Gasteiger partial charge >= 0.3 is 6.18 Å². The number of rotatable bonds is 4. The van der Waals surface area contributed by atoms with Crippen molar-refractivity contribution >= 4 is 33.8 Å². The summed E-state index contributed by atoms with van der Waals surface area (Å²) in [4.78, 5) is 11.7. The maximum Gasteiger partial charge on any atom is 0.416 e. The zero-order chi connectivity index (χ0) is 21.8. The molecule has 5 rings (SSSR count). The lowest BCUT2D eigenvalue weighted by molar-refractivity contribution is -0.0685. The number of hydrogen-bond donors (Lipinski definition) is 2. The van der Waals surface area contributed by atoms with Crippen LogP contribution in [0.25, 0.3) is 33.4 Å². The minimum absolute atomic E-state index is 0.0205. The van der Waals surface area contributed by atoms with Gasteiger partial charge in [0.1, 0.15) is 5.69 Å². The molecule has 156 valence electrons. The fourth-order valence-corrected chi connectivity index (χ4v) is 3.35. The SMILES string of the molecule is C=C(c1c[nH]c2cc(Nc3nc4c(-c5cnn(C)c5)nccn4n3)ccc12)C(F)(F)F. The summed E-state index contributed by atoms with van der Waals surface area (Å²) >= 11 is 0. The number of allylic oxidation sites excluding steroid dienone is 1. The standard InChI is InChI=1S/C20H15F3N8/c1-11(20(21,22)23)15-9-25-16-7-13(3-4-14(15)16)27-19-28-18-17(12-8-26-30(2)10-12)24-5-6-31(18)29-19/h3-10,25H,1H2,2H3,(H,27,29). The van der Waals surface area contributed by atoms with Crippen LogP contribution >= 0.6 is 0 Å². The van der Waals surface area contributed by atoms with Gasteiger partial charge in [-0.25, -0.2) is 4.52 Å². The van der Waals surface area contributed by atoms with Crippen LogP contribution in [0.1, 0.15) is 5.56 Å². The topological polar surface area (TPSA) is 88.7 Å². The summed E-state index contributed by atoms with van der Waals surface area (Å²) < 4.78 is 42.3. The first-order valence-electron chi connectivity index (χ1n) is 9.14. The molecule has 31 heavy (non-hydrogen) atoms. The van der Waals surface area contributed by atoms with Crippen LogP contribution < -0.4 is 5.32 Å². The molecule has 0 atom stereocenters. The van der Waals surface area contributed by atoms with Crippen molar-refractivity contribution < 1.29 is 13.2 Å². The van der Waals surface area contributed by atoms with E-state index in [1.165, 1.54) is 6.20 Å². The van der Waals surface area contributed by atoms with Crippen molar-refractivity contribution in [2.24, 2.45) is 7.05 Å². The first kappa shape index (κ1) is 18.9. The van der Waals surface area contributed by atoms with Gasteiger partial charge in [0.25, 0.3) is 0 Å². The lowest BCUT2D eigenvalue weighted by Crippen LogP contribution is -2.08. The minimum atomic E-state index is -4.49. The smallest absolute Gasteiger partial charge is 0.360 e. The number of benzene rings is 1. The number of anilines is 2. The number of nitrogens with one attached hydrogen (secondary N) is 2. The molecule has 5 aromatic rings. The van der Waals surface area contributed by atoms with Crippen molar-refractivity contribution in [3.8, 4) is 11.3 Å². The number of fused-ring (bicyclic) bond motifs is 2. The van der Waals surface area contributed by atoms with Gasteiger partial charge in [-0.1, -0.05) is 12.6 Å². The van der Waals surface area contributed by atoms with Crippen LogP contribution in [0.15, 0.2) is 55.8 Å². The predicted molar refractivity (Wildman–Crippen MR) is 110 cm³/mol. The normalized spacial score (nSPS) is 12.0. The van der Waals surface area contributed by atoms with Crippen LogP contribution in [-0.2, 0) is 7.05 Å². The molecule has 0 unspecified atom stereocenters. The highest BCUT2D eigenvalue weighted by atomic mass is 19.4. The van der Waals surface area contributed by atoms with Gasteiger partial charge in [0, 0.05) is 59.6 Å². The maximum absolute atomic E-state index is 13.0. The van der Waals surface area contributed by atoms with Crippen molar-refractivity contribution in [3.05, 3.63) is 61.3 Å². The largest absolute Gasteiger partial charge is 0.416 e. The highest BCUT2D eigenvalue weighted by Crippen LogP contribution is 2.36. The molecule has 0 fully saturated rings. The average Bonchev–Trinajstić information content (AvgIpc) is 3.43. The van der Waals surface area contributed by atoms with Crippen LogP contribution in [0, 0.1) is 0 Å². The summed E-state index contributed by atoms with van der Waals surface area (Å²) in [5.74, 6) is 0.323. The van der Waals surface area contributed by atoms with Crippen molar-refractivity contribution in [3.63, 3.8) is 0 Å². The molecule has 0 aliphatic rings. The molecule has 4 heterocycles. The van der Waals surface area contributed by atoms with E-state index in [1.807, 2.05) is 13.2 Å². The van der Waals surface area contributed by atoms with Gasteiger partial charge < -0.3 is 10.3 Å². The average molecular weight is 424 g/mol. The monoisotopic (exact) mass is 424 g/mol. The summed E-state index contributed by atoms with van der Waals surface area (Å²) in [5.41, 5.74) is 2.26. The summed E-state index contributed by atoms with van der Waals surface area (Å²) in [6, 6.07) is 4.95. The van der Waals surface area contributed by atoms with Crippen molar-refractivity contribution in [2.75, 3.05) is 5.32 Å². The van der Waals surface area contributed by atoms with Gasteiger partial charge in [-0.2, -0.15) is 23.3 Å². The van der Waals surface area contributed by atoms with E-state index >= 15 is 0 Å². The second kappa shape index (κ2) is 6.69. The molecule has 0 spiro atoms. The summed E-state index contributed by atoms with van der Waals surface area (Å²) in [7, 11) is 1.81. The molecule has 0 bridgehead atoms. The highest BCUT2D eigenvalue weighted by molar-refractivity contribution is 5.95. The van der Waals surface area contributed by atoms with Crippen LogP contribution in [0.5, 0.6) is 0 Å². The Morgan fingerprint density at radius 1 is 1.26 bits per heavy atom. The Kier molecular flexibility index (Phi) is 4.07. The molecule has 8 nitrogen and oxygen atoms in total. The maximum atomic E-state index is 13.0. The fourth-order valence-electron chi connectivity index (χ4n) is 3.35. The van der Waals surface area contributed by atoms with E-state index in [0.29, 0.717) is 33.9 Å². The predicted octanol–water partition coefficient (Wildman–Crippen LogP) is 4.33. The number of halogens is 3. The third-order valence-corrected chi connectivity index (χ3v) is 4.84. The zero-order valence-corrected chi connectivity index (χ0v) is 16.1. The van der Waals surface area contributed by atoms with Crippen molar-refractivity contribution in [1.82, 2.24) is 34.3 Å². The number of aromatic nitrogens is 7. The molecule has 11 heteroatoms. The number of alkyl halides is 3. The Morgan fingerprint density at radius 2 is 2.10 bits per heavy atom. The number of aryl methyl sites for hydroxylation is 1. The van der Waals surface area contributed by atoms with Gasteiger partial charge in [-0.05, 0) is 12.1 Å². The Balaban J connectivity index is 1.48. The van der Waals surface area contributed by atoms with Crippen molar-refractivity contribution in [1.29, 1.82) is 0 Å². The highest BCUT2D eigenvalue weighted by Gasteiger charge is 2.34. The molecule has 4 aromatic heterocycles. The summed E-state index contributed by atoms with van der Waals surface area (Å²) in [5, 5.41) is 12.1. The second-order valence-electron chi connectivity index (χ2n) is 6.95. The lowest BCUT2D eigenvalue weighted by atomic mass is 10.1. The minimum Gasteiger partial charge on any atom is -0.360 e. The van der Waals surface area contributed by atoms with Crippen LogP contribution in [0.2, 0.25) is 0 Å². The van der Waals surface area contributed by atoms with Crippen LogP contribution in [0.4, 0.5) is 24.8 Å². The van der Waals surface area contributed by atoms with Crippen molar-refractivity contribution in [2.45, 2.75) is 6.18 Å². The zero-order valence-electron chi connectivity index (χ0n) is 16.1. The molecular weight excluding hydrogens is 409 g/mol. The molecule has 0 radical (unpaired) electrons. The van der Waals surface area contributed by atoms with E-state index in [0.717, 1.165) is 5.56 Å². The summed E-state index contributed by atoms with van der Waals surface area (Å²) in [6.45, 7) is 3.17. The molecule has 0 amide bonds. The number of nitrogens with zero attached hydrogens (tertiary/aromatic N) is 6. The number of hydrogen-bond acceptors (Lipinski definition) is 5. The molecule has 0 aliphatic heterocycles. The molecule has 0 aliphatic carbocycles. The molecule has 2 N–H and O–H groups in total. The van der Waals surface area contributed by atoms with Gasteiger partial charge in [-0.3, -0.25) is 9.67 Å². The molecule has 1 aromatic carbocycles. The van der Waals surface area contributed by atoms with E-state index < -0.39 is 11.7 Å². The van der Waals surface area contributed by atoms with E-state index in [4.69, 9.17) is 0 Å². The first-order valence-corrected chi connectivity index (χ1v) is 9.14. The quantitative estimate of drug-likeness (QED) is 0.449. The Bertz CT molecular complexity index is 1440. The van der Waals surface area contributed by atoms with Crippen LogP contribution in [-0.4, -0.2) is 40.5 Å². The van der Waals surface area contributed by atoms with E-state index in [-0.39, 0.29) is 5.56 Å². The number of H-pyrrole nitrogens is 1. The van der Waals surface area contributed by atoms with Gasteiger partial charge in [0.05, 0.1) is 11.8 Å². The Labute approximate surface area is 173 Å². The van der Waals surface area contributed by atoms with Gasteiger partial charge in [-0.15, -0.1) is 5.10 Å². The Morgan fingerprint density at radius 3 is 2.84 bits per heavy atom. The first-order chi connectivity index (χ1) is 14.8. The van der Waals surface area contributed by atoms with E-state index in [9.17, 15) is 13.2 Å². The Hall–Kier alpha value is -4.15. The number of aromatic amines is 1.